The summed E-state index contributed by atoms with van der Waals surface area (Å²) in [6, 6.07) is 8.96. The Morgan fingerprint density at radius 2 is 2.06 bits per heavy atom. The highest BCUT2D eigenvalue weighted by Gasteiger charge is 2.37. The van der Waals surface area contributed by atoms with Crippen LogP contribution in [0.5, 0.6) is 0 Å². The number of aryl methyl sites for hydroxylation is 1. The van der Waals surface area contributed by atoms with Crippen LogP contribution >= 0.6 is 0 Å². The topological polar surface area (TPSA) is 98.3 Å². The number of carbonyl (C=O) groups excluding carboxylic acids is 2. The Balaban J connectivity index is 1.58. The molecule has 5 rings (SSSR count). The molecule has 1 saturated carbocycles. The molecule has 2 aliphatic rings. The Morgan fingerprint density at radius 3 is 2.74 bits per heavy atom. The van der Waals surface area contributed by atoms with Crippen molar-refractivity contribution in [1.82, 2.24) is 15.3 Å². The number of benzene rings is 1. The fourth-order valence-corrected chi connectivity index (χ4v) is 5.31. The van der Waals surface area contributed by atoms with Crippen LogP contribution in [0.3, 0.4) is 0 Å². The standard InChI is InChI=1S/C28H34N4O3/c1-17(2)27-28(35)31-21(16-33)13-19-14-30-26-22(24(34)11-8-20-5-3-4-12-29-20)9-10-23(25(19)26)32(27)15-18-6-7-18/h3-5,9-10,12,14,17-18,21,27,30,33H,6-8,11,13,15-16H2,1-2H3,(H,31,35)/t21-,27-/m0/s1. The number of Topliss-reactive ketones (excluding diaryl/α,β-unsaturated/α-hetero) is 1. The van der Waals surface area contributed by atoms with Gasteiger partial charge in [-0.1, -0.05) is 19.9 Å². The van der Waals surface area contributed by atoms with E-state index in [4.69, 9.17) is 0 Å². The molecule has 1 fully saturated rings. The Labute approximate surface area is 205 Å². The number of hydrogen-bond donors (Lipinski definition) is 3. The van der Waals surface area contributed by atoms with Gasteiger partial charge in [0.1, 0.15) is 6.04 Å². The van der Waals surface area contributed by atoms with Crippen molar-refractivity contribution >= 4 is 28.3 Å². The first-order valence-corrected chi connectivity index (χ1v) is 12.7. The third-order valence-electron chi connectivity index (χ3n) is 7.26. The molecule has 1 amide bonds. The molecule has 1 aliphatic heterocycles. The first-order valence-electron chi connectivity index (χ1n) is 12.7. The van der Waals surface area contributed by atoms with Crippen LogP contribution in [0, 0.1) is 11.8 Å². The number of aromatic nitrogens is 2. The van der Waals surface area contributed by atoms with Crippen molar-refractivity contribution in [3.63, 3.8) is 0 Å². The monoisotopic (exact) mass is 474 g/mol. The number of aliphatic hydroxyl groups is 1. The van der Waals surface area contributed by atoms with Gasteiger partial charge in [0.05, 0.1) is 18.2 Å². The maximum atomic E-state index is 13.4. The second-order valence-corrected chi connectivity index (χ2v) is 10.3. The zero-order valence-corrected chi connectivity index (χ0v) is 20.5. The average molecular weight is 475 g/mol. The van der Waals surface area contributed by atoms with E-state index in [9.17, 15) is 14.7 Å². The summed E-state index contributed by atoms with van der Waals surface area (Å²) in [7, 11) is 0. The Hall–Kier alpha value is -3.19. The van der Waals surface area contributed by atoms with Crippen molar-refractivity contribution in [3.05, 3.63) is 59.5 Å². The summed E-state index contributed by atoms with van der Waals surface area (Å²) >= 11 is 0. The molecule has 35 heavy (non-hydrogen) atoms. The maximum absolute atomic E-state index is 13.4. The second kappa shape index (κ2) is 9.82. The molecule has 184 valence electrons. The van der Waals surface area contributed by atoms with Crippen molar-refractivity contribution in [2.24, 2.45) is 11.8 Å². The molecule has 0 radical (unpaired) electrons. The predicted octanol–water partition coefficient (Wildman–Crippen LogP) is 3.65. The van der Waals surface area contributed by atoms with Gasteiger partial charge in [-0.15, -0.1) is 0 Å². The van der Waals surface area contributed by atoms with Gasteiger partial charge in [0.15, 0.2) is 5.78 Å². The minimum absolute atomic E-state index is 0.0440. The molecular weight excluding hydrogens is 440 g/mol. The van der Waals surface area contributed by atoms with Crippen LogP contribution < -0.4 is 10.2 Å². The van der Waals surface area contributed by atoms with Crippen LogP contribution in [0.25, 0.3) is 10.9 Å². The van der Waals surface area contributed by atoms with Gasteiger partial charge < -0.3 is 20.3 Å². The summed E-state index contributed by atoms with van der Waals surface area (Å²) in [5.74, 6) is 0.689. The number of H-pyrrole nitrogens is 1. The molecule has 3 heterocycles. The van der Waals surface area contributed by atoms with Gasteiger partial charge in [-0.3, -0.25) is 14.6 Å². The highest BCUT2D eigenvalue weighted by atomic mass is 16.3. The van der Waals surface area contributed by atoms with E-state index in [1.54, 1.807) is 6.20 Å². The van der Waals surface area contributed by atoms with Crippen molar-refractivity contribution in [2.45, 2.75) is 58.0 Å². The van der Waals surface area contributed by atoms with E-state index in [1.807, 2.05) is 36.5 Å². The zero-order valence-electron chi connectivity index (χ0n) is 20.5. The molecule has 7 nitrogen and oxygen atoms in total. The highest BCUT2D eigenvalue weighted by molar-refractivity contribution is 6.11. The molecule has 1 aromatic carbocycles. The highest BCUT2D eigenvalue weighted by Crippen LogP contribution is 2.39. The van der Waals surface area contributed by atoms with Gasteiger partial charge in [0, 0.05) is 47.7 Å². The molecule has 2 aromatic heterocycles. The van der Waals surface area contributed by atoms with Gasteiger partial charge in [-0.25, -0.2) is 0 Å². The fraction of sp³-hybridized carbons (Fsp3) is 0.464. The lowest BCUT2D eigenvalue weighted by atomic mass is 9.96. The van der Waals surface area contributed by atoms with Crippen LogP contribution in [0.2, 0.25) is 0 Å². The quantitative estimate of drug-likeness (QED) is 0.433. The molecule has 0 unspecified atom stereocenters. The van der Waals surface area contributed by atoms with Crippen LogP contribution in [-0.2, 0) is 17.6 Å². The number of carbonyl (C=O) groups is 2. The number of ketones is 1. The number of amides is 1. The predicted molar refractivity (Wildman–Crippen MR) is 137 cm³/mol. The summed E-state index contributed by atoms with van der Waals surface area (Å²) in [5, 5.41) is 14.1. The molecule has 1 aliphatic carbocycles. The number of nitrogens with one attached hydrogen (secondary N) is 2. The molecule has 3 aromatic rings. The van der Waals surface area contributed by atoms with Crippen LogP contribution in [0.4, 0.5) is 5.69 Å². The lowest BCUT2D eigenvalue weighted by Crippen LogP contribution is -2.53. The van der Waals surface area contributed by atoms with E-state index in [1.165, 1.54) is 12.8 Å². The van der Waals surface area contributed by atoms with Gasteiger partial charge in [0.2, 0.25) is 5.91 Å². The summed E-state index contributed by atoms with van der Waals surface area (Å²) in [6.07, 6.45) is 7.50. The lowest BCUT2D eigenvalue weighted by molar-refractivity contribution is -0.124. The summed E-state index contributed by atoms with van der Waals surface area (Å²) in [5.41, 5.74) is 4.39. The number of hydrogen-bond acceptors (Lipinski definition) is 5. The maximum Gasteiger partial charge on any atom is 0.243 e. The molecular formula is C28H34N4O3. The van der Waals surface area contributed by atoms with Crippen molar-refractivity contribution in [3.8, 4) is 0 Å². The van der Waals surface area contributed by atoms with Crippen LogP contribution in [0.15, 0.2) is 42.7 Å². The summed E-state index contributed by atoms with van der Waals surface area (Å²) in [6.45, 7) is 4.82. The van der Waals surface area contributed by atoms with Crippen molar-refractivity contribution in [1.29, 1.82) is 0 Å². The van der Waals surface area contributed by atoms with E-state index < -0.39 is 0 Å². The van der Waals surface area contributed by atoms with Crippen LogP contribution in [0.1, 0.15) is 54.7 Å². The third kappa shape index (κ3) is 4.82. The van der Waals surface area contributed by atoms with Gasteiger partial charge in [-0.2, -0.15) is 0 Å². The van der Waals surface area contributed by atoms with Gasteiger partial charge in [0.25, 0.3) is 0 Å². The van der Waals surface area contributed by atoms with E-state index in [0.717, 1.165) is 34.4 Å². The van der Waals surface area contributed by atoms with Gasteiger partial charge in [-0.05, 0) is 67.3 Å². The molecule has 0 saturated heterocycles. The second-order valence-electron chi connectivity index (χ2n) is 10.3. The molecule has 3 N–H and O–H groups in total. The summed E-state index contributed by atoms with van der Waals surface area (Å²) < 4.78 is 0. The Kier molecular flexibility index (Phi) is 6.60. The third-order valence-corrected chi connectivity index (χ3v) is 7.26. The largest absolute Gasteiger partial charge is 0.394 e. The zero-order chi connectivity index (χ0) is 24.5. The van der Waals surface area contributed by atoms with E-state index >= 15 is 0 Å². The molecule has 2 atom stereocenters. The number of nitrogens with zero attached hydrogens (tertiary/aromatic N) is 2. The minimum atomic E-state index is -0.375. The summed E-state index contributed by atoms with van der Waals surface area (Å²) in [4.78, 5) is 36.7. The Morgan fingerprint density at radius 1 is 1.23 bits per heavy atom. The van der Waals surface area contributed by atoms with E-state index in [2.05, 4.69) is 34.0 Å². The number of aromatic amines is 1. The molecule has 0 spiro atoms. The number of anilines is 1. The van der Waals surface area contributed by atoms with E-state index in [0.29, 0.717) is 30.7 Å². The number of pyridine rings is 1. The Bertz CT molecular complexity index is 1220. The molecule has 0 bridgehead atoms. The number of aliphatic hydroxyl groups excluding tert-OH is 1. The first kappa shape index (κ1) is 23.5. The fourth-order valence-electron chi connectivity index (χ4n) is 5.31. The smallest absolute Gasteiger partial charge is 0.243 e. The van der Waals surface area contributed by atoms with Crippen molar-refractivity contribution < 1.29 is 14.7 Å². The minimum Gasteiger partial charge on any atom is -0.394 e. The van der Waals surface area contributed by atoms with Crippen molar-refractivity contribution in [2.75, 3.05) is 18.1 Å². The average Bonchev–Trinajstić information content (AvgIpc) is 3.57. The first-order chi connectivity index (χ1) is 17.0. The lowest BCUT2D eigenvalue weighted by Gasteiger charge is -2.36. The molecule has 7 heteroatoms. The normalized spacial score (nSPS) is 20.5. The SMILES string of the molecule is CC(C)[C@H]1C(=O)N[C@H](CO)Cc2c[nH]c3c(C(=O)CCc4ccccn4)ccc(c23)N1CC1CC1. The van der Waals surface area contributed by atoms with Gasteiger partial charge >= 0.3 is 0 Å². The van der Waals surface area contributed by atoms with E-state index in [-0.39, 0.29) is 36.3 Å². The van der Waals surface area contributed by atoms with Crippen LogP contribution in [-0.4, -0.2) is 52.0 Å². The number of rotatable bonds is 8.